The summed E-state index contributed by atoms with van der Waals surface area (Å²) in [6, 6.07) is 4.80. The molecule has 2 aliphatic rings. The number of pyridine rings is 1. The molecule has 4 rings (SSSR count). The molecule has 1 saturated carbocycles. The molecule has 9 nitrogen and oxygen atoms in total. The average Bonchev–Trinajstić information content (AvgIpc) is 3.20. The number of carbonyl (C=O) groups excluding carboxylic acids is 2. The number of carbonyl (C=O) groups is 2. The first-order valence-electron chi connectivity index (χ1n) is 11.3. The zero-order chi connectivity index (χ0) is 25.1. The Morgan fingerprint density at radius 2 is 1.94 bits per heavy atom. The van der Waals surface area contributed by atoms with Crippen LogP contribution >= 0.6 is 11.6 Å². The van der Waals surface area contributed by atoms with E-state index in [4.69, 9.17) is 25.8 Å². The number of fused-ring (bicyclic) bond motifs is 1. The summed E-state index contributed by atoms with van der Waals surface area (Å²) in [6.07, 6.45) is 2.76. The van der Waals surface area contributed by atoms with Crippen molar-refractivity contribution in [2.24, 2.45) is 0 Å². The number of nitrogens with one attached hydrogen (secondary N) is 2. The van der Waals surface area contributed by atoms with Crippen LogP contribution in [0.25, 0.3) is 0 Å². The molecule has 11 heteroatoms. The fourth-order valence-electron chi connectivity index (χ4n) is 4.64. The zero-order valence-corrected chi connectivity index (χ0v) is 20.6. The number of hydrogen-bond donors (Lipinski definition) is 2. The summed E-state index contributed by atoms with van der Waals surface area (Å²) in [4.78, 5) is 30.5. The second-order valence-electron chi connectivity index (χ2n) is 8.54. The number of aromatic nitrogens is 1. The summed E-state index contributed by atoms with van der Waals surface area (Å²) in [7, 11) is 4.39. The van der Waals surface area contributed by atoms with Crippen LogP contribution in [0.15, 0.2) is 18.2 Å². The summed E-state index contributed by atoms with van der Waals surface area (Å²) in [5.74, 6) is 0.127. The highest BCUT2D eigenvalue weighted by molar-refractivity contribution is 6.33. The van der Waals surface area contributed by atoms with Crippen molar-refractivity contribution in [3.8, 4) is 11.5 Å². The molecular weight excluding hydrogens is 479 g/mol. The van der Waals surface area contributed by atoms with E-state index in [0.717, 1.165) is 24.8 Å². The highest BCUT2D eigenvalue weighted by Crippen LogP contribution is 2.36. The van der Waals surface area contributed by atoms with Crippen molar-refractivity contribution in [2.45, 2.75) is 50.9 Å². The Morgan fingerprint density at radius 1 is 1.20 bits per heavy atom. The molecule has 2 aromatic rings. The Morgan fingerprint density at radius 3 is 2.63 bits per heavy atom. The van der Waals surface area contributed by atoms with Crippen LogP contribution < -0.4 is 20.1 Å². The normalized spacial score (nSPS) is 19.2. The number of nitrogens with zero attached hydrogens (tertiary/aromatic N) is 2. The second-order valence-corrected chi connectivity index (χ2v) is 8.89. The van der Waals surface area contributed by atoms with E-state index in [9.17, 15) is 9.59 Å². The van der Waals surface area contributed by atoms with Crippen LogP contribution in [0, 0.1) is 5.82 Å². The van der Waals surface area contributed by atoms with E-state index in [1.54, 1.807) is 25.3 Å². The van der Waals surface area contributed by atoms with Crippen molar-refractivity contribution in [1.29, 1.82) is 0 Å². The van der Waals surface area contributed by atoms with Crippen molar-refractivity contribution in [2.75, 3.05) is 26.6 Å². The smallest absolute Gasteiger partial charge is 0.407 e. The molecule has 2 atom stereocenters. The molecule has 35 heavy (non-hydrogen) atoms. The average molecular weight is 507 g/mol. The number of hydrogen-bond acceptors (Lipinski definition) is 7. The van der Waals surface area contributed by atoms with Crippen LogP contribution in [0.3, 0.4) is 0 Å². The summed E-state index contributed by atoms with van der Waals surface area (Å²) < 4.78 is 30.9. The van der Waals surface area contributed by atoms with Crippen molar-refractivity contribution >= 4 is 29.4 Å². The lowest BCUT2D eigenvalue weighted by molar-refractivity contribution is 0.0765. The summed E-state index contributed by atoms with van der Waals surface area (Å²) >= 11 is 6.37. The van der Waals surface area contributed by atoms with Gasteiger partial charge in [-0.2, -0.15) is 0 Å². The Hall–Kier alpha value is -3.27. The van der Waals surface area contributed by atoms with Crippen molar-refractivity contribution < 1.29 is 28.2 Å². The van der Waals surface area contributed by atoms with Crippen LogP contribution in [0.5, 0.6) is 11.5 Å². The van der Waals surface area contributed by atoms with Crippen LogP contribution in [0.1, 0.15) is 47.2 Å². The van der Waals surface area contributed by atoms with Gasteiger partial charge in [0.25, 0.3) is 5.91 Å². The number of rotatable bonds is 7. The molecule has 1 aliphatic carbocycles. The molecular formula is C24H28ClFN4O5. The van der Waals surface area contributed by atoms with Gasteiger partial charge < -0.3 is 29.7 Å². The van der Waals surface area contributed by atoms with E-state index in [0.29, 0.717) is 17.9 Å². The third-order valence-corrected chi connectivity index (χ3v) is 6.75. The predicted molar refractivity (Wildman–Crippen MR) is 128 cm³/mol. The maximum absolute atomic E-state index is 15.6. The van der Waals surface area contributed by atoms with Gasteiger partial charge in [0.15, 0.2) is 11.6 Å². The molecule has 0 spiro atoms. The van der Waals surface area contributed by atoms with E-state index in [-0.39, 0.29) is 47.3 Å². The number of amides is 2. The summed E-state index contributed by atoms with van der Waals surface area (Å²) in [5, 5.41) is 5.84. The van der Waals surface area contributed by atoms with E-state index in [1.807, 2.05) is 0 Å². The van der Waals surface area contributed by atoms with Crippen LogP contribution in [0.2, 0.25) is 5.15 Å². The van der Waals surface area contributed by atoms with Crippen molar-refractivity contribution in [3.63, 3.8) is 0 Å². The molecule has 2 amide bonds. The Labute approximate surface area is 207 Å². The molecule has 1 aliphatic heterocycles. The minimum Gasteiger partial charge on any atom is -0.497 e. The van der Waals surface area contributed by atoms with E-state index < -0.39 is 17.8 Å². The minimum absolute atomic E-state index is 0.0333. The molecule has 0 bridgehead atoms. The van der Waals surface area contributed by atoms with Gasteiger partial charge >= 0.3 is 6.09 Å². The first-order valence-corrected chi connectivity index (χ1v) is 11.7. The fourth-order valence-corrected chi connectivity index (χ4v) is 4.92. The molecule has 1 fully saturated rings. The Bertz CT molecular complexity index is 1130. The fraction of sp³-hybridized carbons (Fsp3) is 0.458. The lowest BCUT2D eigenvalue weighted by atomic mass is 9.90. The third-order valence-electron chi connectivity index (χ3n) is 6.47. The topological polar surface area (TPSA) is 102 Å². The molecule has 188 valence electrons. The maximum Gasteiger partial charge on any atom is 0.407 e. The van der Waals surface area contributed by atoms with Crippen molar-refractivity contribution in [3.05, 3.63) is 45.9 Å². The Kier molecular flexibility index (Phi) is 7.49. The predicted octanol–water partition coefficient (Wildman–Crippen LogP) is 4.13. The highest BCUT2D eigenvalue weighted by atomic mass is 35.5. The minimum atomic E-state index is -0.621. The van der Waals surface area contributed by atoms with Gasteiger partial charge in [-0.25, -0.2) is 14.2 Å². The van der Waals surface area contributed by atoms with Gasteiger partial charge in [0.1, 0.15) is 16.7 Å². The van der Waals surface area contributed by atoms with E-state index in [1.165, 1.54) is 19.1 Å². The molecule has 0 radical (unpaired) electrons. The number of halogens is 2. The summed E-state index contributed by atoms with van der Waals surface area (Å²) in [6.45, 7) is 0.244. The van der Waals surface area contributed by atoms with Gasteiger partial charge in [-0.05, 0) is 25.0 Å². The number of alkyl carbamates (subject to hydrolysis) is 1. The SMILES string of the molecule is COC(=O)N[C@H]1CCCC[C@H]1Nc1nc(Cl)c2c(c1F)CN(Cc1ccc(OC)cc1OC)C2=O. The zero-order valence-electron chi connectivity index (χ0n) is 19.8. The van der Waals surface area contributed by atoms with E-state index in [2.05, 4.69) is 15.6 Å². The van der Waals surface area contributed by atoms with Crippen LogP contribution in [-0.4, -0.2) is 55.3 Å². The van der Waals surface area contributed by atoms with Gasteiger partial charge in [0, 0.05) is 29.8 Å². The molecule has 2 N–H and O–H groups in total. The maximum atomic E-state index is 15.6. The summed E-state index contributed by atoms with van der Waals surface area (Å²) in [5.41, 5.74) is 1.00. The quantitative estimate of drug-likeness (QED) is 0.544. The lowest BCUT2D eigenvalue weighted by Crippen LogP contribution is -2.48. The van der Waals surface area contributed by atoms with Crippen LogP contribution in [0.4, 0.5) is 15.0 Å². The Balaban J connectivity index is 1.56. The van der Waals surface area contributed by atoms with E-state index >= 15 is 4.39 Å². The number of methoxy groups -OCH3 is 3. The molecule has 0 saturated heterocycles. The number of ether oxygens (including phenoxy) is 3. The van der Waals surface area contributed by atoms with Gasteiger partial charge in [0.05, 0.1) is 39.5 Å². The monoisotopic (exact) mass is 506 g/mol. The number of benzene rings is 1. The largest absolute Gasteiger partial charge is 0.497 e. The van der Waals surface area contributed by atoms with Crippen molar-refractivity contribution in [1.82, 2.24) is 15.2 Å². The first-order chi connectivity index (χ1) is 16.9. The third kappa shape index (κ3) is 5.07. The second kappa shape index (κ2) is 10.6. The number of anilines is 1. The highest BCUT2D eigenvalue weighted by Gasteiger charge is 2.36. The standard InChI is InChI=1S/C24H28ClFN4O5/c1-33-14-9-8-13(18(10-14)34-2)11-30-12-15-19(23(30)31)21(25)29-22(20(15)26)27-16-6-4-5-7-17(16)28-24(32)35-3/h8-10,16-17H,4-7,11-12H2,1-3H3,(H,27,29)(H,28,32)/t16-,17+/m1/s1. The van der Waals surface area contributed by atoms with Gasteiger partial charge in [-0.3, -0.25) is 4.79 Å². The van der Waals surface area contributed by atoms with Crippen LogP contribution in [-0.2, 0) is 17.8 Å². The lowest BCUT2D eigenvalue weighted by Gasteiger charge is -2.32. The molecule has 1 aromatic heterocycles. The first kappa shape index (κ1) is 24.8. The van der Waals surface area contributed by atoms with Gasteiger partial charge in [-0.1, -0.05) is 24.4 Å². The molecule has 0 unspecified atom stereocenters. The van der Waals surface area contributed by atoms with Gasteiger partial charge in [-0.15, -0.1) is 0 Å². The molecule has 1 aromatic carbocycles. The van der Waals surface area contributed by atoms with Gasteiger partial charge in [0.2, 0.25) is 0 Å². The molecule has 2 heterocycles.